The molecule has 15 heavy (non-hydrogen) atoms. The maximum Gasteiger partial charge on any atom is 0.0113 e. The molecule has 1 saturated heterocycles. The maximum atomic E-state index is 5.57. The Hall–Kier alpha value is -0.120. The van der Waals surface area contributed by atoms with Gasteiger partial charge in [0.25, 0.3) is 0 Å². The molecule has 90 valence electrons. The summed E-state index contributed by atoms with van der Waals surface area (Å²) in [5.74, 6) is 0.751. The van der Waals surface area contributed by atoms with E-state index in [4.69, 9.17) is 5.73 Å². The fraction of sp³-hybridized carbons (Fsp3) is 1.00. The second-order valence-electron chi connectivity index (χ2n) is 5.11. The highest BCUT2D eigenvalue weighted by Crippen LogP contribution is 2.09. The number of nitrogens with zero attached hydrogens (tertiary/aromatic N) is 2. The topological polar surface area (TPSA) is 32.5 Å². The Morgan fingerprint density at radius 2 is 1.67 bits per heavy atom. The van der Waals surface area contributed by atoms with Crippen molar-refractivity contribution in [3.05, 3.63) is 0 Å². The van der Waals surface area contributed by atoms with E-state index < -0.39 is 0 Å². The van der Waals surface area contributed by atoms with E-state index in [0.29, 0.717) is 6.04 Å². The molecule has 3 nitrogen and oxygen atoms in total. The minimum absolute atomic E-state index is 0.702. The van der Waals surface area contributed by atoms with Crippen LogP contribution in [-0.4, -0.2) is 55.1 Å². The van der Waals surface area contributed by atoms with Crippen LogP contribution in [0.1, 0.15) is 27.2 Å². The van der Waals surface area contributed by atoms with Crippen molar-refractivity contribution in [2.45, 2.75) is 33.2 Å². The van der Waals surface area contributed by atoms with Crippen LogP contribution in [0.15, 0.2) is 0 Å². The highest BCUT2D eigenvalue weighted by molar-refractivity contribution is 4.75. The minimum Gasteiger partial charge on any atom is -0.330 e. The Balaban J connectivity index is 2.19. The van der Waals surface area contributed by atoms with Gasteiger partial charge < -0.3 is 10.6 Å². The van der Waals surface area contributed by atoms with Crippen molar-refractivity contribution in [3.8, 4) is 0 Å². The first kappa shape index (κ1) is 12.9. The second kappa shape index (κ2) is 6.46. The number of rotatable bonds is 5. The molecule has 1 aliphatic heterocycles. The lowest BCUT2D eigenvalue weighted by Crippen LogP contribution is -2.49. The van der Waals surface area contributed by atoms with Crippen LogP contribution < -0.4 is 5.73 Å². The summed E-state index contributed by atoms with van der Waals surface area (Å²) in [4.78, 5) is 5.14. The lowest BCUT2D eigenvalue weighted by molar-refractivity contribution is 0.0979. The third-order valence-electron chi connectivity index (χ3n) is 3.37. The molecular weight excluding hydrogens is 186 g/mol. The molecular formula is C12H27N3. The highest BCUT2D eigenvalue weighted by Gasteiger charge is 2.19. The molecule has 1 unspecified atom stereocenters. The summed E-state index contributed by atoms with van der Waals surface area (Å²) >= 11 is 0. The predicted octanol–water partition coefficient (Wildman–Crippen LogP) is 0.997. The minimum atomic E-state index is 0.702. The molecule has 0 aromatic rings. The summed E-state index contributed by atoms with van der Waals surface area (Å²) < 4.78 is 0. The SMILES string of the molecule is CC(CCN)CN1CCN(C(C)C)CC1. The standard InChI is InChI=1S/C12H27N3/c1-11(2)15-8-6-14(7-9-15)10-12(3)4-5-13/h11-12H,4-10,13H2,1-3H3. The van der Waals surface area contributed by atoms with Gasteiger partial charge in [0.1, 0.15) is 0 Å². The molecule has 1 heterocycles. The summed E-state index contributed by atoms with van der Waals surface area (Å²) in [5, 5.41) is 0. The third kappa shape index (κ3) is 4.49. The van der Waals surface area contributed by atoms with Crippen LogP contribution in [0.5, 0.6) is 0 Å². The van der Waals surface area contributed by atoms with E-state index in [1.54, 1.807) is 0 Å². The van der Waals surface area contributed by atoms with Crippen LogP contribution in [0.2, 0.25) is 0 Å². The Bertz CT molecular complexity index is 162. The normalized spacial score (nSPS) is 22.2. The molecule has 2 N–H and O–H groups in total. The summed E-state index contributed by atoms with van der Waals surface area (Å²) in [5.41, 5.74) is 5.57. The predicted molar refractivity (Wildman–Crippen MR) is 66.0 cm³/mol. The van der Waals surface area contributed by atoms with Crippen molar-refractivity contribution in [3.63, 3.8) is 0 Å². The zero-order valence-corrected chi connectivity index (χ0v) is 10.6. The molecule has 0 radical (unpaired) electrons. The van der Waals surface area contributed by atoms with Crippen LogP contribution in [0.25, 0.3) is 0 Å². The van der Waals surface area contributed by atoms with E-state index in [2.05, 4.69) is 30.6 Å². The summed E-state index contributed by atoms with van der Waals surface area (Å²) in [6.07, 6.45) is 1.16. The Kier molecular flexibility index (Phi) is 5.58. The van der Waals surface area contributed by atoms with Crippen LogP contribution >= 0.6 is 0 Å². The Morgan fingerprint density at radius 1 is 1.07 bits per heavy atom. The van der Waals surface area contributed by atoms with Crippen molar-refractivity contribution in [1.29, 1.82) is 0 Å². The van der Waals surface area contributed by atoms with E-state index in [0.717, 1.165) is 18.9 Å². The maximum absolute atomic E-state index is 5.57. The van der Waals surface area contributed by atoms with Gasteiger partial charge in [-0.3, -0.25) is 4.90 Å². The Labute approximate surface area is 94.6 Å². The number of piperazine rings is 1. The van der Waals surface area contributed by atoms with Crippen LogP contribution in [-0.2, 0) is 0 Å². The van der Waals surface area contributed by atoms with E-state index in [-0.39, 0.29) is 0 Å². The zero-order valence-electron chi connectivity index (χ0n) is 10.6. The molecule has 0 spiro atoms. The molecule has 1 fully saturated rings. The number of nitrogens with two attached hydrogens (primary N) is 1. The number of hydrogen-bond donors (Lipinski definition) is 1. The third-order valence-corrected chi connectivity index (χ3v) is 3.37. The lowest BCUT2D eigenvalue weighted by atomic mass is 10.1. The summed E-state index contributed by atoms with van der Waals surface area (Å²) in [7, 11) is 0. The molecule has 0 aliphatic carbocycles. The quantitative estimate of drug-likeness (QED) is 0.739. The molecule has 1 atom stereocenters. The highest BCUT2D eigenvalue weighted by atomic mass is 15.3. The summed E-state index contributed by atoms with van der Waals surface area (Å²) in [6, 6.07) is 0.702. The van der Waals surface area contributed by atoms with Gasteiger partial charge in [0.05, 0.1) is 0 Å². The van der Waals surface area contributed by atoms with Crippen LogP contribution in [0.3, 0.4) is 0 Å². The fourth-order valence-electron chi connectivity index (χ4n) is 2.28. The van der Waals surface area contributed by atoms with E-state index in [1.807, 2.05) is 0 Å². The molecule has 1 aliphatic rings. The first-order valence-corrected chi connectivity index (χ1v) is 6.30. The van der Waals surface area contributed by atoms with Crippen molar-refractivity contribution >= 4 is 0 Å². The molecule has 0 aromatic carbocycles. The van der Waals surface area contributed by atoms with Gasteiger partial charge in [-0.15, -0.1) is 0 Å². The monoisotopic (exact) mass is 213 g/mol. The molecule has 0 amide bonds. The summed E-state index contributed by atoms with van der Waals surface area (Å²) in [6.45, 7) is 13.8. The van der Waals surface area contributed by atoms with E-state index in [9.17, 15) is 0 Å². The van der Waals surface area contributed by atoms with Crippen molar-refractivity contribution < 1.29 is 0 Å². The Morgan fingerprint density at radius 3 is 2.13 bits per heavy atom. The molecule has 1 rings (SSSR count). The molecule has 0 bridgehead atoms. The number of hydrogen-bond acceptors (Lipinski definition) is 3. The van der Waals surface area contributed by atoms with Gasteiger partial charge in [0.15, 0.2) is 0 Å². The smallest absolute Gasteiger partial charge is 0.0113 e. The lowest BCUT2D eigenvalue weighted by Gasteiger charge is -2.37. The van der Waals surface area contributed by atoms with Gasteiger partial charge in [-0.25, -0.2) is 0 Å². The average Bonchev–Trinajstić information content (AvgIpc) is 2.18. The first-order chi connectivity index (χ1) is 7.13. The van der Waals surface area contributed by atoms with Crippen molar-refractivity contribution in [2.75, 3.05) is 39.3 Å². The van der Waals surface area contributed by atoms with Crippen LogP contribution in [0, 0.1) is 5.92 Å². The van der Waals surface area contributed by atoms with Gasteiger partial charge >= 0.3 is 0 Å². The van der Waals surface area contributed by atoms with Crippen molar-refractivity contribution in [1.82, 2.24) is 9.80 Å². The fourth-order valence-corrected chi connectivity index (χ4v) is 2.28. The van der Waals surface area contributed by atoms with E-state index in [1.165, 1.54) is 32.7 Å². The van der Waals surface area contributed by atoms with Crippen LogP contribution in [0.4, 0.5) is 0 Å². The van der Waals surface area contributed by atoms with Gasteiger partial charge in [0, 0.05) is 38.8 Å². The van der Waals surface area contributed by atoms with Gasteiger partial charge in [0.2, 0.25) is 0 Å². The zero-order chi connectivity index (χ0) is 11.3. The molecule has 3 heteroatoms. The molecule has 0 saturated carbocycles. The second-order valence-corrected chi connectivity index (χ2v) is 5.11. The van der Waals surface area contributed by atoms with Crippen molar-refractivity contribution in [2.24, 2.45) is 11.7 Å². The van der Waals surface area contributed by atoms with E-state index >= 15 is 0 Å². The first-order valence-electron chi connectivity index (χ1n) is 6.30. The van der Waals surface area contributed by atoms with Gasteiger partial charge in [-0.05, 0) is 32.7 Å². The van der Waals surface area contributed by atoms with Gasteiger partial charge in [-0.2, -0.15) is 0 Å². The molecule has 0 aromatic heterocycles. The average molecular weight is 213 g/mol. The largest absolute Gasteiger partial charge is 0.330 e. The van der Waals surface area contributed by atoms with Gasteiger partial charge in [-0.1, -0.05) is 6.92 Å².